The Morgan fingerprint density at radius 2 is 1.67 bits per heavy atom. The van der Waals surface area contributed by atoms with E-state index in [-0.39, 0.29) is 0 Å². The van der Waals surface area contributed by atoms with Gasteiger partial charge in [-0.2, -0.15) is 0 Å². The van der Waals surface area contributed by atoms with Crippen molar-refractivity contribution in [2.75, 3.05) is 0 Å². The fourth-order valence-electron chi connectivity index (χ4n) is 0.996. The summed E-state index contributed by atoms with van der Waals surface area (Å²) in [5.41, 5.74) is 0. The summed E-state index contributed by atoms with van der Waals surface area (Å²) < 4.78 is 0.670. The van der Waals surface area contributed by atoms with Crippen molar-refractivity contribution < 1.29 is 10.2 Å². The Bertz CT molecular complexity index is 139. The Balaban J connectivity index is 3.26. The zero-order valence-corrected chi connectivity index (χ0v) is 9.67. The van der Waals surface area contributed by atoms with Gasteiger partial charge in [-0.15, -0.1) is 0 Å². The molecule has 0 spiro atoms. The first-order chi connectivity index (χ1) is 5.68. The molecule has 72 valence electrons. The average molecular weight is 284 g/mol. The smallest absolute Gasteiger partial charge is 0.283 e. The van der Waals surface area contributed by atoms with Crippen LogP contribution in [0.25, 0.3) is 0 Å². The topological polar surface area (TPSA) is 40.5 Å². The molecule has 0 bridgehead atoms. The van der Waals surface area contributed by atoms with Crippen molar-refractivity contribution in [2.24, 2.45) is 0 Å². The van der Waals surface area contributed by atoms with Gasteiger partial charge >= 0.3 is 0 Å². The molecule has 2 nitrogen and oxygen atoms in total. The lowest BCUT2D eigenvalue weighted by atomic mass is 10.1. The van der Waals surface area contributed by atoms with Gasteiger partial charge in [-0.1, -0.05) is 32.6 Å². The number of halogens is 1. The molecule has 0 aliphatic rings. The second kappa shape index (κ2) is 7.71. The fourth-order valence-corrected chi connectivity index (χ4v) is 1.38. The summed E-state index contributed by atoms with van der Waals surface area (Å²) in [7, 11) is 0. The van der Waals surface area contributed by atoms with Crippen molar-refractivity contribution in [1.82, 2.24) is 0 Å². The van der Waals surface area contributed by atoms with Crippen molar-refractivity contribution in [2.45, 2.75) is 45.4 Å². The summed E-state index contributed by atoms with van der Waals surface area (Å²) in [6.07, 6.45) is 6.83. The number of allylic oxidation sites excluding steroid dienone is 1. The minimum atomic E-state index is -0.508. The largest absolute Gasteiger partial charge is 0.481 e. The molecule has 0 unspecified atom stereocenters. The molecule has 0 aromatic rings. The highest BCUT2D eigenvalue weighted by Gasteiger charge is 1.98. The zero-order chi connectivity index (χ0) is 9.40. The molecule has 0 aliphatic carbocycles. The van der Waals surface area contributed by atoms with Gasteiger partial charge in [-0.3, -0.25) is 0 Å². The highest BCUT2D eigenvalue weighted by Crippen LogP contribution is 2.18. The summed E-state index contributed by atoms with van der Waals surface area (Å²) in [4.78, 5) is 0. The summed E-state index contributed by atoms with van der Waals surface area (Å²) in [5, 5.41) is 17.3. The van der Waals surface area contributed by atoms with E-state index in [1.165, 1.54) is 25.7 Å². The minimum Gasteiger partial charge on any atom is -0.481 e. The van der Waals surface area contributed by atoms with Gasteiger partial charge in [0, 0.05) is 0 Å². The molecule has 0 rings (SSSR count). The Hall–Kier alpha value is 0.0700. The van der Waals surface area contributed by atoms with Gasteiger partial charge in [0.1, 0.15) is 0 Å². The normalized spacial score (nSPS) is 9.83. The average Bonchev–Trinajstić information content (AvgIpc) is 2.03. The number of hydrogen-bond donors (Lipinski definition) is 2. The van der Waals surface area contributed by atoms with Crippen LogP contribution in [0.2, 0.25) is 0 Å². The molecule has 0 fully saturated rings. The Kier molecular flexibility index (Phi) is 7.75. The molecular formula is C9H17IO2. The Morgan fingerprint density at radius 1 is 1.08 bits per heavy atom. The van der Waals surface area contributed by atoms with E-state index in [4.69, 9.17) is 10.2 Å². The minimum absolute atomic E-state index is 0.508. The second-order valence-electron chi connectivity index (χ2n) is 2.89. The molecule has 0 aromatic carbocycles. The van der Waals surface area contributed by atoms with Crippen LogP contribution < -0.4 is 0 Å². The zero-order valence-electron chi connectivity index (χ0n) is 7.52. The number of hydrogen-bond acceptors (Lipinski definition) is 2. The van der Waals surface area contributed by atoms with Crippen LogP contribution in [-0.4, -0.2) is 10.2 Å². The fraction of sp³-hybridized carbons (Fsp3) is 0.778. The molecule has 12 heavy (non-hydrogen) atoms. The van der Waals surface area contributed by atoms with E-state index in [9.17, 15) is 0 Å². The number of rotatable bonds is 6. The molecule has 0 atom stereocenters. The van der Waals surface area contributed by atoms with E-state index in [0.717, 1.165) is 12.8 Å². The third kappa shape index (κ3) is 6.76. The van der Waals surface area contributed by atoms with Gasteiger partial charge in [-0.25, -0.2) is 0 Å². The van der Waals surface area contributed by atoms with Gasteiger partial charge in [0.05, 0.1) is 3.58 Å². The monoisotopic (exact) mass is 284 g/mol. The first-order valence-electron chi connectivity index (χ1n) is 4.45. The molecule has 0 saturated heterocycles. The van der Waals surface area contributed by atoms with Crippen LogP contribution in [0.4, 0.5) is 0 Å². The maximum Gasteiger partial charge on any atom is 0.283 e. The summed E-state index contributed by atoms with van der Waals surface area (Å²) in [6, 6.07) is 0. The molecule has 0 aromatic heterocycles. The number of unbranched alkanes of at least 4 members (excludes halogenated alkanes) is 4. The van der Waals surface area contributed by atoms with Crippen LogP contribution in [0.3, 0.4) is 0 Å². The second-order valence-corrected chi connectivity index (χ2v) is 4.19. The SMILES string of the molecule is CCCCCCCC(I)=C(O)O. The number of aliphatic hydroxyl groups excluding tert-OH is 1. The molecule has 0 aliphatic heterocycles. The molecule has 2 N–H and O–H groups in total. The predicted molar refractivity (Wildman–Crippen MR) is 59.7 cm³/mol. The van der Waals surface area contributed by atoms with Gasteiger partial charge < -0.3 is 10.2 Å². The van der Waals surface area contributed by atoms with E-state index in [1.54, 1.807) is 0 Å². The summed E-state index contributed by atoms with van der Waals surface area (Å²) in [6.45, 7) is 2.18. The molecule has 0 amide bonds. The van der Waals surface area contributed by atoms with Gasteiger partial charge in [0.15, 0.2) is 0 Å². The van der Waals surface area contributed by atoms with Crippen molar-refractivity contribution in [3.63, 3.8) is 0 Å². The highest BCUT2D eigenvalue weighted by molar-refractivity contribution is 14.1. The standard InChI is InChI=1S/C9H17IO2/c1-2-3-4-5-6-7-8(10)9(11)12/h11-12H,2-7H2,1H3. The van der Waals surface area contributed by atoms with Crippen LogP contribution in [0.15, 0.2) is 9.53 Å². The van der Waals surface area contributed by atoms with Crippen LogP contribution >= 0.6 is 22.6 Å². The Labute approximate surface area is 87.8 Å². The molecule has 3 heteroatoms. The van der Waals surface area contributed by atoms with Crippen LogP contribution in [0.5, 0.6) is 0 Å². The molecule has 0 heterocycles. The molecule has 0 radical (unpaired) electrons. The third-order valence-electron chi connectivity index (χ3n) is 1.74. The van der Waals surface area contributed by atoms with Crippen LogP contribution in [0.1, 0.15) is 45.4 Å². The van der Waals surface area contributed by atoms with Crippen molar-refractivity contribution >= 4 is 22.6 Å². The van der Waals surface area contributed by atoms with Crippen molar-refractivity contribution in [3.8, 4) is 0 Å². The maximum absolute atomic E-state index is 8.65. The Morgan fingerprint density at radius 3 is 2.17 bits per heavy atom. The first kappa shape index (κ1) is 12.1. The third-order valence-corrected chi connectivity index (χ3v) is 2.76. The quantitative estimate of drug-likeness (QED) is 0.438. The first-order valence-corrected chi connectivity index (χ1v) is 5.53. The lowest BCUT2D eigenvalue weighted by Gasteiger charge is -1.99. The van der Waals surface area contributed by atoms with E-state index < -0.39 is 5.95 Å². The van der Waals surface area contributed by atoms with Crippen molar-refractivity contribution in [3.05, 3.63) is 9.53 Å². The summed E-state index contributed by atoms with van der Waals surface area (Å²) in [5.74, 6) is -0.508. The highest BCUT2D eigenvalue weighted by atomic mass is 127. The lowest BCUT2D eigenvalue weighted by Crippen LogP contribution is -1.84. The predicted octanol–water partition coefficient (Wildman–Crippen LogP) is 4.07. The lowest BCUT2D eigenvalue weighted by molar-refractivity contribution is 0.188. The van der Waals surface area contributed by atoms with E-state index in [2.05, 4.69) is 6.92 Å². The van der Waals surface area contributed by atoms with Crippen molar-refractivity contribution in [1.29, 1.82) is 0 Å². The number of aliphatic hydroxyl groups is 2. The molecular weight excluding hydrogens is 267 g/mol. The van der Waals surface area contributed by atoms with Crippen LogP contribution in [0, 0.1) is 0 Å². The van der Waals surface area contributed by atoms with Crippen LogP contribution in [-0.2, 0) is 0 Å². The van der Waals surface area contributed by atoms with Gasteiger partial charge in [-0.05, 0) is 35.4 Å². The van der Waals surface area contributed by atoms with E-state index in [0.29, 0.717) is 3.58 Å². The van der Waals surface area contributed by atoms with E-state index >= 15 is 0 Å². The summed E-state index contributed by atoms with van der Waals surface area (Å²) >= 11 is 1.97. The van der Waals surface area contributed by atoms with Gasteiger partial charge in [0.25, 0.3) is 5.95 Å². The van der Waals surface area contributed by atoms with E-state index in [1.807, 2.05) is 22.6 Å². The van der Waals surface area contributed by atoms with Gasteiger partial charge in [0.2, 0.25) is 0 Å². The maximum atomic E-state index is 8.65. The molecule has 0 saturated carbocycles.